The standard InChI is InChI=1S/C4H11NO.BrH.ClH/c1-5(2)3-4-6;;/h6H,3-4H2,1-2H3;2*1H. The molecule has 0 amide bonds. The zero-order valence-corrected chi connectivity index (χ0v) is 7.65. The molecule has 0 rings (SSSR count). The van der Waals surface area contributed by atoms with Crippen LogP contribution in [0.4, 0.5) is 0 Å². The van der Waals surface area contributed by atoms with Crippen molar-refractivity contribution in [3.8, 4) is 0 Å². The van der Waals surface area contributed by atoms with Crippen molar-refractivity contribution in [2.45, 2.75) is 0 Å². The number of aliphatic hydroxyl groups excluding tert-OH is 1. The van der Waals surface area contributed by atoms with Crippen molar-refractivity contribution in [3.05, 3.63) is 0 Å². The minimum atomic E-state index is 0. The maximum Gasteiger partial charge on any atom is 0.0558 e. The molecule has 54 valence electrons. The molecule has 0 atom stereocenters. The van der Waals surface area contributed by atoms with Gasteiger partial charge in [-0.15, -0.1) is 29.4 Å². The summed E-state index contributed by atoms with van der Waals surface area (Å²) in [6.07, 6.45) is 0. The molecule has 0 bridgehead atoms. The Labute approximate surface area is 67.1 Å². The maximum absolute atomic E-state index is 8.20. The third kappa shape index (κ3) is 15.9. The zero-order chi connectivity index (χ0) is 4.99. The Balaban J connectivity index is -0.000000125. The first-order chi connectivity index (χ1) is 2.77. The smallest absolute Gasteiger partial charge is 0.0558 e. The Morgan fingerprint density at radius 1 is 1.38 bits per heavy atom. The Hall–Kier alpha value is 0.690. The van der Waals surface area contributed by atoms with Crippen LogP contribution in [-0.4, -0.2) is 37.3 Å². The first-order valence-corrected chi connectivity index (χ1v) is 2.03. The van der Waals surface area contributed by atoms with Crippen molar-refractivity contribution in [2.24, 2.45) is 0 Å². The van der Waals surface area contributed by atoms with Crippen molar-refractivity contribution >= 4 is 29.4 Å². The van der Waals surface area contributed by atoms with E-state index in [9.17, 15) is 0 Å². The monoisotopic (exact) mass is 205 g/mol. The summed E-state index contributed by atoms with van der Waals surface area (Å²) >= 11 is 0. The molecule has 0 aromatic heterocycles. The molecule has 0 radical (unpaired) electrons. The molecule has 0 aliphatic heterocycles. The van der Waals surface area contributed by atoms with Gasteiger partial charge in [-0.25, -0.2) is 0 Å². The molecular formula is C4H13BrClNO. The summed E-state index contributed by atoms with van der Waals surface area (Å²) in [7, 11) is 3.85. The van der Waals surface area contributed by atoms with E-state index in [4.69, 9.17) is 5.11 Å². The van der Waals surface area contributed by atoms with E-state index >= 15 is 0 Å². The van der Waals surface area contributed by atoms with Crippen LogP contribution in [0.5, 0.6) is 0 Å². The van der Waals surface area contributed by atoms with Crippen LogP contribution in [0.3, 0.4) is 0 Å². The number of aliphatic hydroxyl groups is 1. The lowest BCUT2D eigenvalue weighted by molar-refractivity contribution is 0.243. The predicted octanol–water partition coefficient (Wildman–Crippen LogP) is 0.540. The largest absolute Gasteiger partial charge is 0.395 e. The van der Waals surface area contributed by atoms with E-state index in [0.717, 1.165) is 6.54 Å². The Bertz CT molecular complexity index is 37.2. The zero-order valence-electron chi connectivity index (χ0n) is 5.13. The predicted molar refractivity (Wildman–Crippen MR) is 43.2 cm³/mol. The Morgan fingerprint density at radius 3 is 1.75 bits per heavy atom. The summed E-state index contributed by atoms with van der Waals surface area (Å²) in [5.41, 5.74) is 0. The van der Waals surface area contributed by atoms with Crippen molar-refractivity contribution in [1.82, 2.24) is 4.90 Å². The molecule has 2 nitrogen and oxygen atoms in total. The van der Waals surface area contributed by atoms with Crippen molar-refractivity contribution in [2.75, 3.05) is 27.2 Å². The molecule has 0 aliphatic carbocycles. The van der Waals surface area contributed by atoms with Crippen LogP contribution in [0, 0.1) is 0 Å². The fraction of sp³-hybridized carbons (Fsp3) is 1.00. The van der Waals surface area contributed by atoms with Gasteiger partial charge < -0.3 is 10.0 Å². The van der Waals surface area contributed by atoms with Crippen LogP contribution < -0.4 is 0 Å². The maximum atomic E-state index is 8.20. The number of likely N-dealkylation sites (N-methyl/N-ethyl adjacent to an activating group) is 1. The lowest BCUT2D eigenvalue weighted by Gasteiger charge is -2.03. The van der Waals surface area contributed by atoms with E-state index in [0.29, 0.717) is 0 Å². The van der Waals surface area contributed by atoms with Gasteiger partial charge in [0.1, 0.15) is 0 Å². The molecule has 0 aromatic carbocycles. The van der Waals surface area contributed by atoms with Gasteiger partial charge in [-0.05, 0) is 14.1 Å². The molecule has 0 saturated carbocycles. The normalized spacial score (nSPS) is 7.50. The minimum Gasteiger partial charge on any atom is -0.395 e. The third-order valence-electron chi connectivity index (χ3n) is 0.547. The molecule has 0 fully saturated rings. The summed E-state index contributed by atoms with van der Waals surface area (Å²) in [6.45, 7) is 1.02. The molecule has 0 saturated heterocycles. The van der Waals surface area contributed by atoms with E-state index in [1.54, 1.807) is 0 Å². The summed E-state index contributed by atoms with van der Waals surface area (Å²) < 4.78 is 0. The van der Waals surface area contributed by atoms with Crippen LogP contribution in [0.1, 0.15) is 0 Å². The second-order valence-corrected chi connectivity index (χ2v) is 1.53. The van der Waals surface area contributed by atoms with E-state index in [1.807, 2.05) is 19.0 Å². The summed E-state index contributed by atoms with van der Waals surface area (Å²) in [4.78, 5) is 1.93. The van der Waals surface area contributed by atoms with Gasteiger partial charge in [-0.2, -0.15) is 0 Å². The summed E-state index contributed by atoms with van der Waals surface area (Å²) in [5.74, 6) is 0. The van der Waals surface area contributed by atoms with Gasteiger partial charge in [0.25, 0.3) is 0 Å². The number of hydrogen-bond donors (Lipinski definition) is 1. The van der Waals surface area contributed by atoms with Gasteiger partial charge in [0.15, 0.2) is 0 Å². The number of halogens is 2. The first-order valence-electron chi connectivity index (χ1n) is 2.03. The van der Waals surface area contributed by atoms with Gasteiger partial charge in [0.2, 0.25) is 0 Å². The van der Waals surface area contributed by atoms with Crippen molar-refractivity contribution in [1.29, 1.82) is 0 Å². The molecular weight excluding hydrogens is 193 g/mol. The number of nitrogens with zero attached hydrogens (tertiary/aromatic N) is 1. The highest BCUT2D eigenvalue weighted by atomic mass is 79.9. The van der Waals surface area contributed by atoms with Gasteiger partial charge in [0, 0.05) is 6.54 Å². The molecule has 0 aromatic rings. The van der Waals surface area contributed by atoms with Crippen molar-refractivity contribution < 1.29 is 5.11 Å². The second kappa shape index (κ2) is 10.6. The van der Waals surface area contributed by atoms with Gasteiger partial charge in [0.05, 0.1) is 6.61 Å². The summed E-state index contributed by atoms with van der Waals surface area (Å²) in [5, 5.41) is 8.20. The minimum absolute atomic E-state index is 0. The number of rotatable bonds is 2. The SMILES string of the molecule is Br.CN(C)CCO.Cl. The van der Waals surface area contributed by atoms with Crippen LogP contribution >= 0.6 is 29.4 Å². The molecule has 0 unspecified atom stereocenters. The van der Waals surface area contributed by atoms with Crippen LogP contribution in [0.15, 0.2) is 0 Å². The van der Waals surface area contributed by atoms with Gasteiger partial charge >= 0.3 is 0 Å². The first kappa shape index (κ1) is 15.9. The van der Waals surface area contributed by atoms with E-state index in [-0.39, 0.29) is 36.0 Å². The lowest BCUT2D eigenvalue weighted by atomic mass is 10.6. The van der Waals surface area contributed by atoms with Crippen LogP contribution in [0.2, 0.25) is 0 Å². The highest BCUT2D eigenvalue weighted by Gasteiger charge is 1.80. The fourth-order valence-electron chi connectivity index (χ4n) is 0.200. The van der Waals surface area contributed by atoms with Gasteiger partial charge in [-0.3, -0.25) is 0 Å². The topological polar surface area (TPSA) is 23.5 Å². The quantitative estimate of drug-likeness (QED) is 0.713. The van der Waals surface area contributed by atoms with E-state index in [1.165, 1.54) is 0 Å². The number of hydrogen-bond acceptors (Lipinski definition) is 2. The lowest BCUT2D eigenvalue weighted by Crippen LogP contribution is -2.15. The molecule has 0 aliphatic rings. The molecule has 4 heteroatoms. The highest BCUT2D eigenvalue weighted by Crippen LogP contribution is 1.66. The third-order valence-corrected chi connectivity index (χ3v) is 0.547. The Morgan fingerprint density at radius 2 is 1.75 bits per heavy atom. The molecule has 0 spiro atoms. The molecule has 0 heterocycles. The van der Waals surface area contributed by atoms with E-state index < -0.39 is 0 Å². The van der Waals surface area contributed by atoms with E-state index in [2.05, 4.69) is 0 Å². The summed E-state index contributed by atoms with van der Waals surface area (Å²) in [6, 6.07) is 0. The second-order valence-electron chi connectivity index (χ2n) is 1.53. The highest BCUT2D eigenvalue weighted by molar-refractivity contribution is 8.93. The average Bonchev–Trinajstić information content (AvgIpc) is 1.35. The Kier molecular flexibility index (Phi) is 21.1. The van der Waals surface area contributed by atoms with Crippen LogP contribution in [-0.2, 0) is 0 Å². The average molecular weight is 207 g/mol. The van der Waals surface area contributed by atoms with Crippen LogP contribution in [0.25, 0.3) is 0 Å². The van der Waals surface area contributed by atoms with Gasteiger partial charge in [-0.1, -0.05) is 0 Å². The molecule has 1 N–H and O–H groups in total. The van der Waals surface area contributed by atoms with Crippen molar-refractivity contribution in [3.63, 3.8) is 0 Å². The molecule has 8 heavy (non-hydrogen) atoms. The fourth-order valence-corrected chi connectivity index (χ4v) is 0.200.